The van der Waals surface area contributed by atoms with Crippen LogP contribution in [0.4, 0.5) is 0 Å². The van der Waals surface area contributed by atoms with Gasteiger partial charge in [0.2, 0.25) is 0 Å². The van der Waals surface area contributed by atoms with Gasteiger partial charge in [0.1, 0.15) is 6.10 Å². The standard InChI is InChI=1S/C17H27NO3/c1-2-3-4-8-16-14-15(17(19)21-16)7-5-6-9-18-10-12-20-13-11-18/h15-16H,2-4,7-14H2,1H3/t15-,16+/m1/s1. The van der Waals surface area contributed by atoms with Crippen molar-refractivity contribution in [3.05, 3.63) is 0 Å². The number of nitrogens with zero attached hydrogens (tertiary/aromatic N) is 1. The van der Waals surface area contributed by atoms with Crippen LogP contribution < -0.4 is 0 Å². The fraction of sp³-hybridized carbons (Fsp3) is 0.824. The lowest BCUT2D eigenvalue weighted by atomic mass is 9.99. The fourth-order valence-corrected chi connectivity index (χ4v) is 2.81. The van der Waals surface area contributed by atoms with E-state index in [4.69, 9.17) is 9.47 Å². The van der Waals surface area contributed by atoms with Gasteiger partial charge < -0.3 is 9.47 Å². The van der Waals surface area contributed by atoms with E-state index in [9.17, 15) is 4.79 Å². The number of rotatable bonds is 6. The van der Waals surface area contributed by atoms with Gasteiger partial charge in [-0.25, -0.2) is 0 Å². The molecule has 0 aromatic heterocycles. The number of carbonyl (C=O) groups is 1. The van der Waals surface area contributed by atoms with E-state index >= 15 is 0 Å². The molecule has 0 radical (unpaired) electrons. The smallest absolute Gasteiger partial charge is 0.310 e. The summed E-state index contributed by atoms with van der Waals surface area (Å²) < 4.78 is 10.7. The zero-order valence-electron chi connectivity index (χ0n) is 13.1. The van der Waals surface area contributed by atoms with Crippen LogP contribution in [0.3, 0.4) is 0 Å². The lowest BCUT2D eigenvalue weighted by Gasteiger charge is -2.24. The third-order valence-electron chi connectivity index (χ3n) is 4.17. The molecule has 2 aliphatic heterocycles. The number of cyclic esters (lactones) is 1. The molecule has 118 valence electrons. The normalized spacial score (nSPS) is 26.2. The molecule has 0 spiro atoms. The summed E-state index contributed by atoms with van der Waals surface area (Å²) in [7, 11) is 0. The van der Waals surface area contributed by atoms with Crippen LogP contribution in [0.25, 0.3) is 0 Å². The first kappa shape index (κ1) is 16.3. The highest BCUT2D eigenvalue weighted by Crippen LogP contribution is 2.27. The predicted octanol–water partition coefficient (Wildman–Crippen LogP) is 2.22. The maximum absolute atomic E-state index is 11.8. The first-order valence-electron chi connectivity index (χ1n) is 8.26. The Morgan fingerprint density at radius 1 is 1.24 bits per heavy atom. The molecule has 2 rings (SSSR count). The molecule has 2 aliphatic rings. The number of unbranched alkanes of at least 4 members (excludes halogenated alkanes) is 2. The summed E-state index contributed by atoms with van der Waals surface area (Å²) >= 11 is 0. The second-order valence-corrected chi connectivity index (χ2v) is 5.93. The molecule has 2 saturated heterocycles. The fourth-order valence-electron chi connectivity index (χ4n) is 2.81. The summed E-state index contributed by atoms with van der Waals surface area (Å²) in [6, 6.07) is 0. The molecule has 0 aromatic rings. The summed E-state index contributed by atoms with van der Waals surface area (Å²) in [5.41, 5.74) is 0. The first-order valence-corrected chi connectivity index (χ1v) is 8.26. The van der Waals surface area contributed by atoms with Crippen LogP contribution in [0.15, 0.2) is 0 Å². The molecule has 0 aliphatic carbocycles. The van der Waals surface area contributed by atoms with Gasteiger partial charge in [0, 0.05) is 19.5 Å². The molecule has 0 N–H and O–H groups in total. The third kappa shape index (κ3) is 5.68. The number of hydrogen-bond acceptors (Lipinski definition) is 4. The SMILES string of the molecule is CCCCC[C@H]1C[C@@H](CC#CCN2CCOCC2)C(=O)O1. The monoisotopic (exact) mass is 293 g/mol. The summed E-state index contributed by atoms with van der Waals surface area (Å²) in [5.74, 6) is 6.29. The van der Waals surface area contributed by atoms with Gasteiger partial charge in [-0.05, 0) is 19.3 Å². The van der Waals surface area contributed by atoms with Crippen LogP contribution in [0.5, 0.6) is 0 Å². The average Bonchev–Trinajstić information content (AvgIpc) is 2.85. The van der Waals surface area contributed by atoms with Crippen molar-refractivity contribution >= 4 is 5.97 Å². The van der Waals surface area contributed by atoms with E-state index in [2.05, 4.69) is 23.7 Å². The first-order chi connectivity index (χ1) is 10.3. The maximum Gasteiger partial charge on any atom is 0.310 e. The van der Waals surface area contributed by atoms with Gasteiger partial charge in [0.15, 0.2) is 0 Å². The topological polar surface area (TPSA) is 38.8 Å². The second-order valence-electron chi connectivity index (χ2n) is 5.93. The quantitative estimate of drug-likeness (QED) is 0.428. The molecule has 0 unspecified atom stereocenters. The van der Waals surface area contributed by atoms with Gasteiger partial charge in [0.05, 0.1) is 25.7 Å². The molecule has 2 fully saturated rings. The predicted molar refractivity (Wildman–Crippen MR) is 81.8 cm³/mol. The van der Waals surface area contributed by atoms with E-state index < -0.39 is 0 Å². The molecule has 0 bridgehead atoms. The van der Waals surface area contributed by atoms with Crippen molar-refractivity contribution in [2.75, 3.05) is 32.8 Å². The lowest BCUT2D eigenvalue weighted by Crippen LogP contribution is -2.36. The maximum atomic E-state index is 11.8. The third-order valence-corrected chi connectivity index (χ3v) is 4.17. The van der Waals surface area contributed by atoms with Crippen LogP contribution in [-0.2, 0) is 14.3 Å². The summed E-state index contributed by atoms with van der Waals surface area (Å²) in [5, 5.41) is 0. The number of carbonyl (C=O) groups excluding carboxylic acids is 1. The van der Waals surface area contributed by atoms with Crippen LogP contribution in [-0.4, -0.2) is 49.8 Å². The molecular formula is C17H27NO3. The molecule has 21 heavy (non-hydrogen) atoms. The Bertz CT molecular complexity index is 379. The zero-order valence-corrected chi connectivity index (χ0v) is 13.1. The number of esters is 1. The van der Waals surface area contributed by atoms with Crippen LogP contribution >= 0.6 is 0 Å². The van der Waals surface area contributed by atoms with E-state index in [-0.39, 0.29) is 18.0 Å². The Labute approximate surface area is 128 Å². The van der Waals surface area contributed by atoms with Crippen LogP contribution in [0, 0.1) is 17.8 Å². The highest BCUT2D eigenvalue weighted by Gasteiger charge is 2.33. The lowest BCUT2D eigenvalue weighted by molar-refractivity contribution is -0.144. The van der Waals surface area contributed by atoms with Crippen molar-refractivity contribution < 1.29 is 14.3 Å². The molecule has 0 amide bonds. The van der Waals surface area contributed by atoms with E-state index in [0.717, 1.165) is 52.1 Å². The molecular weight excluding hydrogens is 266 g/mol. The van der Waals surface area contributed by atoms with Crippen molar-refractivity contribution in [1.29, 1.82) is 0 Å². The Kier molecular flexibility index (Phi) is 7.05. The van der Waals surface area contributed by atoms with Gasteiger partial charge in [0.25, 0.3) is 0 Å². The van der Waals surface area contributed by atoms with Crippen LogP contribution in [0.1, 0.15) is 45.4 Å². The summed E-state index contributed by atoms with van der Waals surface area (Å²) in [4.78, 5) is 14.1. The van der Waals surface area contributed by atoms with Crippen molar-refractivity contribution in [3.63, 3.8) is 0 Å². The Morgan fingerprint density at radius 3 is 2.81 bits per heavy atom. The van der Waals surface area contributed by atoms with Crippen LogP contribution in [0.2, 0.25) is 0 Å². The average molecular weight is 293 g/mol. The van der Waals surface area contributed by atoms with Crippen molar-refractivity contribution in [2.45, 2.75) is 51.6 Å². The Balaban J connectivity index is 1.65. The molecule has 0 saturated carbocycles. The van der Waals surface area contributed by atoms with E-state index in [1.165, 1.54) is 12.8 Å². The van der Waals surface area contributed by atoms with Gasteiger partial charge >= 0.3 is 5.97 Å². The second kappa shape index (κ2) is 9.07. The minimum atomic E-state index is -0.0443. The minimum Gasteiger partial charge on any atom is -0.462 e. The van der Waals surface area contributed by atoms with E-state index in [1.807, 2.05) is 0 Å². The van der Waals surface area contributed by atoms with Crippen molar-refractivity contribution in [2.24, 2.45) is 5.92 Å². The highest BCUT2D eigenvalue weighted by molar-refractivity contribution is 5.75. The van der Waals surface area contributed by atoms with Gasteiger partial charge in [-0.15, -0.1) is 5.92 Å². The molecule has 4 heteroatoms. The molecule has 2 heterocycles. The molecule has 4 nitrogen and oxygen atoms in total. The van der Waals surface area contributed by atoms with E-state index in [0.29, 0.717) is 6.42 Å². The molecule has 2 atom stereocenters. The van der Waals surface area contributed by atoms with Crippen molar-refractivity contribution in [3.8, 4) is 11.8 Å². The Hall–Kier alpha value is -1.05. The van der Waals surface area contributed by atoms with Gasteiger partial charge in [-0.3, -0.25) is 9.69 Å². The number of hydrogen-bond donors (Lipinski definition) is 0. The number of ether oxygens (including phenoxy) is 2. The molecule has 0 aromatic carbocycles. The summed E-state index contributed by atoms with van der Waals surface area (Å²) in [6.45, 7) is 6.49. The summed E-state index contributed by atoms with van der Waals surface area (Å²) in [6.07, 6.45) is 6.23. The minimum absolute atomic E-state index is 0.00573. The highest BCUT2D eigenvalue weighted by atomic mass is 16.5. The van der Waals surface area contributed by atoms with Gasteiger partial charge in [-0.1, -0.05) is 25.7 Å². The zero-order chi connectivity index (χ0) is 14.9. The van der Waals surface area contributed by atoms with Crippen molar-refractivity contribution in [1.82, 2.24) is 4.90 Å². The van der Waals surface area contributed by atoms with Gasteiger partial charge in [-0.2, -0.15) is 0 Å². The Morgan fingerprint density at radius 2 is 2.05 bits per heavy atom. The largest absolute Gasteiger partial charge is 0.462 e. The van der Waals surface area contributed by atoms with E-state index in [1.54, 1.807) is 0 Å². The number of morpholine rings is 1.